The van der Waals surface area contributed by atoms with E-state index in [0.29, 0.717) is 0 Å². The molecule has 1 rings (SSSR count). The van der Waals surface area contributed by atoms with E-state index in [0.717, 1.165) is 17.9 Å². The number of hydrogen-bond acceptors (Lipinski definition) is 2. The van der Waals surface area contributed by atoms with Gasteiger partial charge in [0.1, 0.15) is 11.5 Å². The van der Waals surface area contributed by atoms with Gasteiger partial charge in [-0.25, -0.2) is 0 Å². The maximum Gasteiger partial charge on any atom is 0.137 e. The van der Waals surface area contributed by atoms with Gasteiger partial charge in [0.25, 0.3) is 0 Å². The number of aromatic nitrogens is 1. The smallest absolute Gasteiger partial charge is 0.137 e. The normalized spacial score (nSPS) is 11.0. The lowest BCUT2D eigenvalue weighted by Crippen LogP contribution is -1.68. The topological polar surface area (TPSA) is 26.0 Å². The molecule has 0 N–H and O–H groups in total. The molecule has 0 fully saturated rings. The second-order valence-corrected chi connectivity index (χ2v) is 2.39. The summed E-state index contributed by atoms with van der Waals surface area (Å²) in [5.74, 6) is 0.917. The summed E-state index contributed by atoms with van der Waals surface area (Å²) < 4.78 is 4.94. The fraction of sp³-hybridized carbons (Fsp3) is 0.286. The van der Waals surface area contributed by atoms with E-state index >= 15 is 0 Å². The zero-order valence-electron chi connectivity index (χ0n) is 5.67. The summed E-state index contributed by atoms with van der Waals surface area (Å²) in [5.41, 5.74) is 0.855. The van der Waals surface area contributed by atoms with E-state index in [-0.39, 0.29) is 0 Å². The van der Waals surface area contributed by atoms with Crippen molar-refractivity contribution in [1.29, 1.82) is 0 Å². The van der Waals surface area contributed by atoms with Gasteiger partial charge in [0.15, 0.2) is 0 Å². The van der Waals surface area contributed by atoms with Crippen LogP contribution >= 0.6 is 15.9 Å². The molecule has 1 heterocycles. The summed E-state index contributed by atoms with van der Waals surface area (Å²) in [7, 11) is 0. The fourth-order valence-electron chi connectivity index (χ4n) is 0.639. The van der Waals surface area contributed by atoms with Gasteiger partial charge < -0.3 is 4.52 Å². The Bertz CT molecular complexity index is 229. The van der Waals surface area contributed by atoms with Crippen molar-refractivity contribution >= 4 is 22.0 Å². The van der Waals surface area contributed by atoms with Crippen molar-refractivity contribution in [3.05, 3.63) is 22.5 Å². The predicted octanol–water partition coefficient (Wildman–Crippen LogP) is 2.60. The Morgan fingerprint density at radius 2 is 2.60 bits per heavy atom. The first-order chi connectivity index (χ1) is 4.86. The average Bonchev–Trinajstić information content (AvgIpc) is 2.37. The van der Waals surface area contributed by atoms with E-state index < -0.39 is 0 Å². The Kier molecular flexibility index (Phi) is 2.68. The van der Waals surface area contributed by atoms with Crippen molar-refractivity contribution in [1.82, 2.24) is 5.16 Å². The van der Waals surface area contributed by atoms with Crippen molar-refractivity contribution in [2.45, 2.75) is 13.3 Å². The molecular formula is C7H8BrNO. The van der Waals surface area contributed by atoms with Crippen LogP contribution in [0.3, 0.4) is 0 Å². The maximum atomic E-state index is 4.94. The summed E-state index contributed by atoms with van der Waals surface area (Å²) >= 11 is 3.16. The summed E-state index contributed by atoms with van der Waals surface area (Å²) in [6.45, 7) is 2.03. The van der Waals surface area contributed by atoms with Crippen LogP contribution in [-0.2, 0) is 6.42 Å². The van der Waals surface area contributed by atoms with Gasteiger partial charge in [-0.1, -0.05) is 28.0 Å². The molecule has 0 aromatic carbocycles. The van der Waals surface area contributed by atoms with Crippen molar-refractivity contribution in [3.8, 4) is 0 Å². The highest BCUT2D eigenvalue weighted by molar-refractivity contribution is 9.11. The van der Waals surface area contributed by atoms with Crippen LogP contribution < -0.4 is 0 Å². The fourth-order valence-corrected chi connectivity index (χ4v) is 0.909. The van der Waals surface area contributed by atoms with Crippen LogP contribution in [0, 0.1) is 0 Å². The van der Waals surface area contributed by atoms with Crippen LogP contribution in [0.25, 0.3) is 6.08 Å². The zero-order chi connectivity index (χ0) is 7.40. The quantitative estimate of drug-likeness (QED) is 0.736. The van der Waals surface area contributed by atoms with E-state index in [1.165, 1.54) is 0 Å². The Balaban J connectivity index is 2.78. The average molecular weight is 202 g/mol. The van der Waals surface area contributed by atoms with Crippen molar-refractivity contribution < 1.29 is 4.52 Å². The molecule has 0 aliphatic heterocycles. The van der Waals surface area contributed by atoms with Gasteiger partial charge in [0, 0.05) is 12.5 Å². The first kappa shape index (κ1) is 7.54. The summed E-state index contributed by atoms with van der Waals surface area (Å²) in [6, 6.07) is 1.91. The second kappa shape index (κ2) is 3.56. The van der Waals surface area contributed by atoms with E-state index in [1.807, 2.05) is 19.1 Å². The molecule has 0 aliphatic rings. The molecule has 0 saturated heterocycles. The van der Waals surface area contributed by atoms with Crippen LogP contribution in [0.2, 0.25) is 0 Å². The highest BCUT2D eigenvalue weighted by Crippen LogP contribution is 2.06. The molecule has 0 radical (unpaired) electrons. The molecular weight excluding hydrogens is 194 g/mol. The number of aryl methyl sites for hydroxylation is 1. The van der Waals surface area contributed by atoms with Gasteiger partial charge in [0.05, 0.1) is 0 Å². The third-order valence-electron chi connectivity index (χ3n) is 1.16. The molecule has 3 heteroatoms. The van der Waals surface area contributed by atoms with Gasteiger partial charge >= 0.3 is 0 Å². The van der Waals surface area contributed by atoms with Crippen LogP contribution in [-0.4, -0.2) is 5.16 Å². The standard InChI is InChI=1S/C7H8BrNO/c1-2-7-5-6(3-4-8)9-10-7/h3-5H,2H2,1H3/b4-3+. The lowest BCUT2D eigenvalue weighted by Gasteiger charge is -1.76. The zero-order valence-corrected chi connectivity index (χ0v) is 7.26. The van der Waals surface area contributed by atoms with Gasteiger partial charge in [-0.3, -0.25) is 0 Å². The van der Waals surface area contributed by atoms with Crippen LogP contribution in [0.5, 0.6) is 0 Å². The minimum absolute atomic E-state index is 0.855. The molecule has 0 spiro atoms. The highest BCUT2D eigenvalue weighted by atomic mass is 79.9. The van der Waals surface area contributed by atoms with Gasteiger partial charge in [-0.15, -0.1) is 0 Å². The highest BCUT2D eigenvalue weighted by Gasteiger charge is 1.96. The first-order valence-corrected chi connectivity index (χ1v) is 4.00. The minimum Gasteiger partial charge on any atom is -0.361 e. The lowest BCUT2D eigenvalue weighted by atomic mass is 10.3. The molecule has 0 unspecified atom stereocenters. The SMILES string of the molecule is CCc1cc(/C=C/Br)no1. The molecule has 2 nitrogen and oxygen atoms in total. The van der Waals surface area contributed by atoms with Crippen molar-refractivity contribution in [2.75, 3.05) is 0 Å². The summed E-state index contributed by atoms with van der Waals surface area (Å²) in [4.78, 5) is 1.75. The third kappa shape index (κ3) is 1.70. The third-order valence-corrected chi connectivity index (χ3v) is 1.42. The van der Waals surface area contributed by atoms with Crippen LogP contribution in [0.4, 0.5) is 0 Å². The molecule has 0 atom stereocenters. The van der Waals surface area contributed by atoms with Gasteiger partial charge in [-0.05, 0) is 11.1 Å². The van der Waals surface area contributed by atoms with E-state index in [1.54, 1.807) is 4.99 Å². The Morgan fingerprint density at radius 3 is 3.10 bits per heavy atom. The van der Waals surface area contributed by atoms with E-state index in [9.17, 15) is 0 Å². The van der Waals surface area contributed by atoms with Crippen molar-refractivity contribution in [3.63, 3.8) is 0 Å². The number of hydrogen-bond donors (Lipinski definition) is 0. The monoisotopic (exact) mass is 201 g/mol. The van der Waals surface area contributed by atoms with Gasteiger partial charge in [0.2, 0.25) is 0 Å². The van der Waals surface area contributed by atoms with Gasteiger partial charge in [-0.2, -0.15) is 0 Å². The second-order valence-electron chi connectivity index (χ2n) is 1.86. The molecule has 1 aromatic rings. The summed E-state index contributed by atoms with van der Waals surface area (Å²) in [6.07, 6.45) is 2.73. The number of nitrogens with zero attached hydrogens (tertiary/aromatic N) is 1. The number of rotatable bonds is 2. The Hall–Kier alpha value is -0.570. The lowest BCUT2D eigenvalue weighted by molar-refractivity contribution is 0.385. The van der Waals surface area contributed by atoms with E-state index in [2.05, 4.69) is 21.1 Å². The maximum absolute atomic E-state index is 4.94. The van der Waals surface area contributed by atoms with Crippen molar-refractivity contribution in [2.24, 2.45) is 0 Å². The predicted molar refractivity (Wildman–Crippen MR) is 43.8 cm³/mol. The first-order valence-electron chi connectivity index (χ1n) is 3.09. The van der Waals surface area contributed by atoms with Crippen LogP contribution in [0.1, 0.15) is 18.4 Å². The Morgan fingerprint density at radius 1 is 1.80 bits per heavy atom. The van der Waals surface area contributed by atoms with Crippen LogP contribution in [0.15, 0.2) is 15.6 Å². The summed E-state index contributed by atoms with van der Waals surface area (Å²) in [5, 5.41) is 3.78. The molecule has 0 aliphatic carbocycles. The van der Waals surface area contributed by atoms with E-state index in [4.69, 9.17) is 4.52 Å². The molecule has 0 amide bonds. The molecule has 1 aromatic heterocycles. The molecule has 0 bridgehead atoms. The minimum atomic E-state index is 0.855. The largest absolute Gasteiger partial charge is 0.361 e. The molecule has 0 saturated carbocycles. The molecule has 54 valence electrons. The molecule has 10 heavy (non-hydrogen) atoms. The number of halogens is 1. The Labute approximate surface area is 68.0 Å².